The van der Waals surface area contributed by atoms with E-state index in [-0.39, 0.29) is 6.04 Å². The van der Waals surface area contributed by atoms with Crippen molar-refractivity contribution in [3.63, 3.8) is 0 Å². The molecule has 2 rings (SSSR count). The predicted octanol–water partition coefficient (Wildman–Crippen LogP) is 3.23. The Balaban J connectivity index is 2.29. The fraction of sp³-hybridized carbons (Fsp3) is 0.400. The first-order chi connectivity index (χ1) is 7.76. The van der Waals surface area contributed by atoms with Gasteiger partial charge in [-0.15, -0.1) is 21.5 Å². The Morgan fingerprint density at radius 2 is 2.38 bits per heavy atom. The summed E-state index contributed by atoms with van der Waals surface area (Å²) in [7, 11) is 1.89. The van der Waals surface area contributed by atoms with Gasteiger partial charge in [-0.3, -0.25) is 0 Å². The van der Waals surface area contributed by atoms with Gasteiger partial charge in [0, 0.05) is 4.47 Å². The molecule has 0 bridgehead atoms. The second kappa shape index (κ2) is 5.07. The van der Waals surface area contributed by atoms with Crippen LogP contribution >= 0.6 is 27.3 Å². The molecule has 0 aromatic carbocycles. The Hall–Kier alpha value is -0.720. The minimum atomic E-state index is 0.125. The molecule has 2 aromatic rings. The van der Waals surface area contributed by atoms with Gasteiger partial charge in [0.2, 0.25) is 5.89 Å². The summed E-state index contributed by atoms with van der Waals surface area (Å²) in [6.07, 6.45) is 0.920. The average Bonchev–Trinajstić information content (AvgIpc) is 2.89. The van der Waals surface area contributed by atoms with Gasteiger partial charge in [0.1, 0.15) is 4.88 Å². The van der Waals surface area contributed by atoms with Crippen LogP contribution in [0, 0.1) is 0 Å². The Bertz CT molecular complexity index is 464. The highest BCUT2D eigenvalue weighted by Gasteiger charge is 2.17. The number of nitrogens with zero attached hydrogens (tertiary/aromatic N) is 2. The lowest BCUT2D eigenvalue weighted by molar-refractivity contribution is 0.415. The molecule has 6 heteroatoms. The lowest BCUT2D eigenvalue weighted by atomic mass is 10.2. The maximum absolute atomic E-state index is 5.65. The number of hydrogen-bond donors (Lipinski definition) is 1. The van der Waals surface area contributed by atoms with Crippen molar-refractivity contribution in [3.05, 3.63) is 21.8 Å². The molecule has 86 valence electrons. The van der Waals surface area contributed by atoms with E-state index < -0.39 is 0 Å². The lowest BCUT2D eigenvalue weighted by Crippen LogP contribution is -2.15. The zero-order valence-electron chi connectivity index (χ0n) is 9.03. The molecule has 0 saturated heterocycles. The van der Waals surface area contributed by atoms with Crippen LogP contribution in [0.5, 0.6) is 0 Å². The normalized spacial score (nSPS) is 12.9. The van der Waals surface area contributed by atoms with Crippen LogP contribution in [0.25, 0.3) is 10.8 Å². The standard InChI is InChI=1S/C10H12BrN3OS/c1-3-7(12-2)9-13-14-10(15-9)8-6(11)4-5-16-8/h4-5,7,12H,3H2,1-2H3. The van der Waals surface area contributed by atoms with Crippen molar-refractivity contribution in [2.45, 2.75) is 19.4 Å². The summed E-state index contributed by atoms with van der Waals surface area (Å²) in [4.78, 5) is 0.977. The third kappa shape index (κ3) is 2.18. The summed E-state index contributed by atoms with van der Waals surface area (Å²) in [5.41, 5.74) is 0. The van der Waals surface area contributed by atoms with Crippen molar-refractivity contribution >= 4 is 27.3 Å². The van der Waals surface area contributed by atoms with Crippen LogP contribution in [0.1, 0.15) is 25.3 Å². The van der Waals surface area contributed by atoms with E-state index in [1.807, 2.05) is 18.5 Å². The molecule has 2 heterocycles. The zero-order chi connectivity index (χ0) is 11.5. The maximum Gasteiger partial charge on any atom is 0.258 e. The minimum Gasteiger partial charge on any atom is -0.418 e. The fourth-order valence-corrected chi connectivity index (χ4v) is 2.88. The van der Waals surface area contributed by atoms with Crippen molar-refractivity contribution in [2.24, 2.45) is 0 Å². The van der Waals surface area contributed by atoms with Gasteiger partial charge in [0.15, 0.2) is 0 Å². The Morgan fingerprint density at radius 3 is 2.94 bits per heavy atom. The van der Waals surface area contributed by atoms with Crippen LogP contribution in [0.4, 0.5) is 0 Å². The molecule has 1 N–H and O–H groups in total. The number of nitrogens with one attached hydrogen (secondary N) is 1. The average molecular weight is 302 g/mol. The molecule has 1 unspecified atom stereocenters. The summed E-state index contributed by atoms with van der Waals surface area (Å²) in [5.74, 6) is 1.21. The number of rotatable bonds is 4. The van der Waals surface area contributed by atoms with Gasteiger partial charge >= 0.3 is 0 Å². The van der Waals surface area contributed by atoms with Gasteiger partial charge in [-0.05, 0) is 40.8 Å². The molecular weight excluding hydrogens is 290 g/mol. The maximum atomic E-state index is 5.65. The van der Waals surface area contributed by atoms with Crippen molar-refractivity contribution in [2.75, 3.05) is 7.05 Å². The summed E-state index contributed by atoms with van der Waals surface area (Å²) < 4.78 is 6.64. The third-order valence-corrected chi connectivity index (χ3v) is 4.13. The third-order valence-electron chi connectivity index (χ3n) is 2.31. The molecule has 0 amide bonds. The molecule has 0 saturated carbocycles. The second-order valence-electron chi connectivity index (χ2n) is 3.29. The van der Waals surface area contributed by atoms with E-state index in [0.717, 1.165) is 15.8 Å². The predicted molar refractivity (Wildman–Crippen MR) is 67.4 cm³/mol. The molecule has 0 spiro atoms. The molecule has 16 heavy (non-hydrogen) atoms. The number of thiophene rings is 1. The summed E-state index contributed by atoms with van der Waals surface area (Å²) in [6.45, 7) is 2.08. The Labute approximate surface area is 106 Å². The Morgan fingerprint density at radius 1 is 1.56 bits per heavy atom. The van der Waals surface area contributed by atoms with E-state index in [9.17, 15) is 0 Å². The first-order valence-electron chi connectivity index (χ1n) is 5.00. The van der Waals surface area contributed by atoms with E-state index in [2.05, 4.69) is 38.4 Å². The SMILES string of the molecule is CCC(NC)c1nnc(-c2sccc2Br)o1. The lowest BCUT2D eigenvalue weighted by Gasteiger charge is -2.06. The molecule has 0 aliphatic rings. The largest absolute Gasteiger partial charge is 0.418 e. The van der Waals surface area contributed by atoms with Crippen LogP contribution < -0.4 is 5.32 Å². The van der Waals surface area contributed by atoms with E-state index >= 15 is 0 Å². The van der Waals surface area contributed by atoms with Gasteiger partial charge in [0.05, 0.1) is 6.04 Å². The second-order valence-corrected chi connectivity index (χ2v) is 5.06. The highest BCUT2D eigenvalue weighted by molar-refractivity contribution is 9.10. The van der Waals surface area contributed by atoms with Gasteiger partial charge in [0.25, 0.3) is 5.89 Å². The molecular formula is C10H12BrN3OS. The van der Waals surface area contributed by atoms with Crippen LogP contribution in [0.2, 0.25) is 0 Å². The van der Waals surface area contributed by atoms with E-state index in [4.69, 9.17) is 4.42 Å². The first kappa shape index (κ1) is 11.8. The summed E-state index contributed by atoms with van der Waals surface area (Å²) >= 11 is 5.03. The molecule has 4 nitrogen and oxygen atoms in total. The highest BCUT2D eigenvalue weighted by Crippen LogP contribution is 2.33. The van der Waals surface area contributed by atoms with E-state index in [0.29, 0.717) is 11.8 Å². The molecule has 1 atom stereocenters. The molecule has 0 fully saturated rings. The van der Waals surface area contributed by atoms with Crippen LogP contribution in [0.3, 0.4) is 0 Å². The van der Waals surface area contributed by atoms with Crippen molar-refractivity contribution < 1.29 is 4.42 Å². The van der Waals surface area contributed by atoms with Crippen LogP contribution in [-0.4, -0.2) is 17.2 Å². The van der Waals surface area contributed by atoms with Crippen molar-refractivity contribution in [1.29, 1.82) is 0 Å². The monoisotopic (exact) mass is 301 g/mol. The van der Waals surface area contributed by atoms with Gasteiger partial charge < -0.3 is 9.73 Å². The number of aromatic nitrogens is 2. The molecule has 2 aromatic heterocycles. The minimum absolute atomic E-state index is 0.125. The summed E-state index contributed by atoms with van der Waals surface area (Å²) in [5, 5.41) is 13.2. The smallest absolute Gasteiger partial charge is 0.258 e. The van der Waals surface area contributed by atoms with Crippen molar-refractivity contribution in [3.8, 4) is 10.8 Å². The molecule has 0 radical (unpaired) electrons. The first-order valence-corrected chi connectivity index (χ1v) is 6.67. The van der Waals surface area contributed by atoms with Gasteiger partial charge in [-0.1, -0.05) is 6.92 Å². The quantitative estimate of drug-likeness (QED) is 0.942. The zero-order valence-corrected chi connectivity index (χ0v) is 11.4. The number of halogens is 1. The highest BCUT2D eigenvalue weighted by atomic mass is 79.9. The van der Waals surface area contributed by atoms with E-state index in [1.54, 1.807) is 11.3 Å². The van der Waals surface area contributed by atoms with Gasteiger partial charge in [-0.2, -0.15) is 0 Å². The van der Waals surface area contributed by atoms with Crippen LogP contribution in [-0.2, 0) is 0 Å². The number of hydrogen-bond acceptors (Lipinski definition) is 5. The Kier molecular flexibility index (Phi) is 3.73. The van der Waals surface area contributed by atoms with E-state index in [1.165, 1.54) is 0 Å². The molecule has 0 aliphatic carbocycles. The van der Waals surface area contributed by atoms with Crippen molar-refractivity contribution in [1.82, 2.24) is 15.5 Å². The summed E-state index contributed by atoms with van der Waals surface area (Å²) in [6, 6.07) is 2.10. The topological polar surface area (TPSA) is 51.0 Å². The van der Waals surface area contributed by atoms with Crippen LogP contribution in [0.15, 0.2) is 20.3 Å². The molecule has 0 aliphatic heterocycles. The fourth-order valence-electron chi connectivity index (χ4n) is 1.42. The van der Waals surface area contributed by atoms with Gasteiger partial charge in [-0.25, -0.2) is 0 Å².